The normalized spacial score (nSPS) is 12.2. The van der Waals surface area contributed by atoms with Gasteiger partial charge in [-0.25, -0.2) is 15.0 Å². The minimum Gasteiger partial charge on any atom is -0.443 e. The van der Waals surface area contributed by atoms with Gasteiger partial charge in [-0.05, 0) is 19.1 Å². The molecule has 0 amide bonds. The van der Waals surface area contributed by atoms with Gasteiger partial charge in [0.2, 0.25) is 5.89 Å². The molecule has 2 heterocycles. The zero-order chi connectivity index (χ0) is 19.2. The van der Waals surface area contributed by atoms with Crippen molar-refractivity contribution in [2.24, 2.45) is 4.99 Å². The van der Waals surface area contributed by atoms with E-state index in [2.05, 4.69) is 46.4 Å². The van der Waals surface area contributed by atoms with Crippen molar-refractivity contribution in [3.05, 3.63) is 41.7 Å². The molecule has 0 radical (unpaired) electrons. The average molecular weight is 358 g/mol. The van der Waals surface area contributed by atoms with Crippen LogP contribution in [-0.2, 0) is 18.5 Å². The Morgan fingerprint density at radius 2 is 2.00 bits per heavy atom. The Labute approximate surface area is 155 Å². The zero-order valence-electron chi connectivity index (χ0n) is 16.6. The summed E-state index contributed by atoms with van der Waals surface area (Å²) in [6.45, 7) is 10.1. The molecule has 142 valence electrons. The summed E-state index contributed by atoms with van der Waals surface area (Å²) in [5, 5.41) is 6.48. The van der Waals surface area contributed by atoms with Gasteiger partial charge in [0, 0.05) is 26.1 Å². The number of hydrogen-bond donors (Lipinski definition) is 2. The lowest BCUT2D eigenvalue weighted by Crippen LogP contribution is -2.36. The molecular weight excluding hydrogens is 328 g/mol. The third-order valence-corrected chi connectivity index (χ3v) is 3.69. The Hall–Kier alpha value is -2.57. The molecule has 2 aromatic rings. The maximum atomic E-state index is 5.81. The Balaban J connectivity index is 2.00. The predicted molar refractivity (Wildman–Crippen MR) is 105 cm³/mol. The van der Waals surface area contributed by atoms with E-state index in [0.29, 0.717) is 24.9 Å². The second kappa shape index (κ2) is 8.69. The van der Waals surface area contributed by atoms with Crippen molar-refractivity contribution in [1.29, 1.82) is 0 Å². The number of aromatic nitrogens is 2. The molecule has 0 aliphatic carbocycles. The Morgan fingerprint density at radius 1 is 1.23 bits per heavy atom. The molecule has 2 N–H and O–H groups in total. The van der Waals surface area contributed by atoms with E-state index in [-0.39, 0.29) is 5.41 Å². The summed E-state index contributed by atoms with van der Waals surface area (Å²) >= 11 is 0. The van der Waals surface area contributed by atoms with Crippen molar-refractivity contribution in [3.8, 4) is 0 Å². The summed E-state index contributed by atoms with van der Waals surface area (Å²) in [5.74, 6) is 3.15. The second-order valence-corrected chi connectivity index (χ2v) is 7.30. The van der Waals surface area contributed by atoms with Gasteiger partial charge in [0.1, 0.15) is 11.6 Å². The molecule has 7 heteroatoms. The lowest BCUT2D eigenvalue weighted by atomic mass is 9.94. The molecule has 0 fully saturated rings. The van der Waals surface area contributed by atoms with Crippen molar-refractivity contribution >= 4 is 11.8 Å². The van der Waals surface area contributed by atoms with Crippen LogP contribution in [0.4, 0.5) is 5.82 Å². The van der Waals surface area contributed by atoms with E-state index >= 15 is 0 Å². The number of aliphatic imine (C=N–C) groups is 1. The summed E-state index contributed by atoms with van der Waals surface area (Å²) in [6.07, 6.45) is 1.79. The molecule has 0 aromatic carbocycles. The first-order chi connectivity index (χ1) is 12.3. The third kappa shape index (κ3) is 5.75. The highest BCUT2D eigenvalue weighted by Crippen LogP contribution is 2.22. The van der Waals surface area contributed by atoms with Crippen LogP contribution in [0.3, 0.4) is 0 Å². The molecule has 0 aliphatic heterocycles. The average Bonchev–Trinajstić information content (AvgIpc) is 3.07. The number of nitrogens with zero attached hydrogens (tertiary/aromatic N) is 4. The van der Waals surface area contributed by atoms with Crippen molar-refractivity contribution in [3.63, 3.8) is 0 Å². The van der Waals surface area contributed by atoms with E-state index in [1.54, 1.807) is 6.20 Å². The summed E-state index contributed by atoms with van der Waals surface area (Å²) in [4.78, 5) is 15.5. The van der Waals surface area contributed by atoms with Crippen molar-refractivity contribution in [2.75, 3.05) is 25.5 Å². The maximum Gasteiger partial charge on any atom is 0.213 e. The Kier molecular flexibility index (Phi) is 6.60. The molecule has 0 spiro atoms. The number of guanidine groups is 1. The SMILES string of the molecule is CCNC(=NCc1cccc(N(C)C)n1)NCc1ncc(C(C)(C)C)o1. The van der Waals surface area contributed by atoms with Crippen molar-refractivity contribution < 1.29 is 4.42 Å². The fourth-order valence-electron chi connectivity index (χ4n) is 2.20. The van der Waals surface area contributed by atoms with Gasteiger partial charge in [-0.1, -0.05) is 26.8 Å². The van der Waals surface area contributed by atoms with Gasteiger partial charge in [-0.15, -0.1) is 0 Å². The number of oxazole rings is 1. The summed E-state index contributed by atoms with van der Waals surface area (Å²) in [6, 6.07) is 5.95. The highest BCUT2D eigenvalue weighted by atomic mass is 16.4. The lowest BCUT2D eigenvalue weighted by molar-refractivity contribution is 0.379. The van der Waals surface area contributed by atoms with Crippen molar-refractivity contribution in [1.82, 2.24) is 20.6 Å². The standard InChI is InChI=1S/C19H30N6O/c1-7-20-18(22-11-14-9-8-10-16(24-14)25(5)6)23-13-17-21-12-15(26-17)19(2,3)4/h8-10,12H,7,11,13H2,1-6H3,(H2,20,22,23). The molecule has 2 aromatic heterocycles. The summed E-state index contributed by atoms with van der Waals surface area (Å²) in [7, 11) is 3.95. The van der Waals surface area contributed by atoms with Crippen LogP contribution in [0.25, 0.3) is 0 Å². The first-order valence-corrected chi connectivity index (χ1v) is 8.90. The molecule has 7 nitrogen and oxygen atoms in total. The predicted octanol–water partition coefficient (Wildman–Crippen LogP) is 2.69. The number of pyridine rings is 1. The second-order valence-electron chi connectivity index (χ2n) is 7.30. The van der Waals surface area contributed by atoms with Crippen LogP contribution in [0.2, 0.25) is 0 Å². The van der Waals surface area contributed by atoms with E-state index in [4.69, 9.17) is 4.42 Å². The first kappa shape index (κ1) is 19.8. The van der Waals surface area contributed by atoms with Crippen LogP contribution in [0, 0.1) is 0 Å². The highest BCUT2D eigenvalue weighted by Gasteiger charge is 2.19. The first-order valence-electron chi connectivity index (χ1n) is 8.90. The van der Waals surface area contributed by atoms with Crippen LogP contribution < -0.4 is 15.5 Å². The number of anilines is 1. The van der Waals surface area contributed by atoms with Gasteiger partial charge in [0.25, 0.3) is 0 Å². The monoisotopic (exact) mass is 358 g/mol. The van der Waals surface area contributed by atoms with Gasteiger partial charge in [0.05, 0.1) is 25.0 Å². The van der Waals surface area contributed by atoms with E-state index in [0.717, 1.165) is 23.8 Å². The summed E-state index contributed by atoms with van der Waals surface area (Å²) < 4.78 is 5.81. The molecule has 0 saturated heterocycles. The van der Waals surface area contributed by atoms with Gasteiger partial charge < -0.3 is 20.0 Å². The van der Waals surface area contributed by atoms with Gasteiger partial charge >= 0.3 is 0 Å². The Bertz CT molecular complexity index is 730. The fraction of sp³-hybridized carbons (Fsp3) is 0.526. The van der Waals surface area contributed by atoms with Crippen molar-refractivity contribution in [2.45, 2.75) is 46.2 Å². The molecule has 0 saturated carbocycles. The van der Waals surface area contributed by atoms with Crippen LogP contribution in [0.5, 0.6) is 0 Å². The van der Waals surface area contributed by atoms with Crippen LogP contribution in [0.15, 0.2) is 33.8 Å². The largest absolute Gasteiger partial charge is 0.443 e. The fourth-order valence-corrected chi connectivity index (χ4v) is 2.20. The molecule has 0 unspecified atom stereocenters. The van der Waals surface area contributed by atoms with Gasteiger partial charge in [-0.3, -0.25) is 0 Å². The Morgan fingerprint density at radius 3 is 2.62 bits per heavy atom. The van der Waals surface area contributed by atoms with Gasteiger partial charge in [0.15, 0.2) is 5.96 Å². The molecule has 0 aliphatic rings. The van der Waals surface area contributed by atoms with Crippen LogP contribution in [0.1, 0.15) is 45.0 Å². The van der Waals surface area contributed by atoms with Crippen LogP contribution in [-0.4, -0.2) is 36.6 Å². The molecular formula is C19H30N6O. The quantitative estimate of drug-likeness (QED) is 0.611. The minimum absolute atomic E-state index is 0.0486. The molecule has 0 atom stereocenters. The number of hydrogen-bond acceptors (Lipinski definition) is 5. The van der Waals surface area contributed by atoms with E-state index < -0.39 is 0 Å². The topological polar surface area (TPSA) is 78.6 Å². The zero-order valence-corrected chi connectivity index (χ0v) is 16.6. The van der Waals surface area contributed by atoms with E-state index in [1.165, 1.54) is 0 Å². The van der Waals surface area contributed by atoms with Gasteiger partial charge in [-0.2, -0.15) is 0 Å². The molecule has 0 bridgehead atoms. The molecule has 26 heavy (non-hydrogen) atoms. The number of rotatable bonds is 6. The van der Waals surface area contributed by atoms with Crippen LogP contribution >= 0.6 is 0 Å². The van der Waals surface area contributed by atoms with E-state index in [1.807, 2.05) is 44.1 Å². The number of nitrogens with one attached hydrogen (secondary N) is 2. The van der Waals surface area contributed by atoms with E-state index in [9.17, 15) is 0 Å². The highest BCUT2D eigenvalue weighted by molar-refractivity contribution is 5.79. The summed E-state index contributed by atoms with van der Waals surface area (Å²) in [5.41, 5.74) is 0.868. The minimum atomic E-state index is -0.0486. The third-order valence-electron chi connectivity index (χ3n) is 3.69. The smallest absolute Gasteiger partial charge is 0.213 e. The molecule has 2 rings (SSSR count). The maximum absolute atomic E-state index is 5.81. The lowest BCUT2D eigenvalue weighted by Gasteiger charge is -2.13.